The molecular weight excluding hydrogens is 305 g/mol. The first-order valence-corrected chi connectivity index (χ1v) is 7.92. The van der Waals surface area contributed by atoms with Gasteiger partial charge in [0.2, 0.25) is 10.0 Å². The molecule has 2 aromatic carbocycles. The maximum Gasteiger partial charge on any atom is 0.238 e. The van der Waals surface area contributed by atoms with Gasteiger partial charge in [0, 0.05) is 18.0 Å². The van der Waals surface area contributed by atoms with Gasteiger partial charge >= 0.3 is 0 Å². The molecule has 0 amide bonds. The van der Waals surface area contributed by atoms with Crippen LogP contribution in [0.25, 0.3) is 16.8 Å². The third-order valence-electron chi connectivity index (χ3n) is 3.22. The number of hydrogen-bond donors (Lipinski definition) is 1. The van der Waals surface area contributed by atoms with Crippen molar-refractivity contribution in [2.24, 2.45) is 5.14 Å². The number of aromatic nitrogens is 2. The Kier molecular flexibility index (Phi) is 3.51. The molecule has 0 aliphatic rings. The molecule has 0 aliphatic carbocycles. The number of sulfonamides is 1. The van der Waals surface area contributed by atoms with E-state index < -0.39 is 15.8 Å². The van der Waals surface area contributed by atoms with Gasteiger partial charge in [-0.25, -0.2) is 22.6 Å². The Bertz CT molecular complexity index is 904. The summed E-state index contributed by atoms with van der Waals surface area (Å²) in [6.07, 6.45) is 3.47. The summed E-state index contributed by atoms with van der Waals surface area (Å²) in [5.41, 5.74) is 1.78. The molecular formula is C15H12FN3O2S. The molecule has 0 bridgehead atoms. The van der Waals surface area contributed by atoms with E-state index in [1.165, 1.54) is 12.1 Å². The van der Waals surface area contributed by atoms with Gasteiger partial charge in [0.1, 0.15) is 5.82 Å². The lowest BCUT2D eigenvalue weighted by molar-refractivity contribution is 0.593. The molecule has 0 fully saturated rings. The summed E-state index contributed by atoms with van der Waals surface area (Å²) in [6.45, 7) is 0. The van der Waals surface area contributed by atoms with Crippen LogP contribution in [-0.2, 0) is 10.0 Å². The van der Waals surface area contributed by atoms with Crippen molar-refractivity contribution in [3.8, 4) is 16.8 Å². The maximum absolute atomic E-state index is 14.1. The van der Waals surface area contributed by atoms with E-state index in [-0.39, 0.29) is 4.90 Å². The minimum absolute atomic E-state index is 0.248. The highest BCUT2D eigenvalue weighted by Crippen LogP contribution is 2.25. The average molecular weight is 317 g/mol. The summed E-state index contributed by atoms with van der Waals surface area (Å²) in [5.74, 6) is -0.640. The summed E-state index contributed by atoms with van der Waals surface area (Å²) in [7, 11) is -3.91. The molecule has 5 nitrogen and oxygen atoms in total. The Morgan fingerprint density at radius 1 is 1.09 bits per heavy atom. The minimum atomic E-state index is -3.91. The Balaban J connectivity index is 1.98. The highest BCUT2D eigenvalue weighted by molar-refractivity contribution is 7.89. The minimum Gasteiger partial charge on any atom is -0.241 e. The van der Waals surface area contributed by atoms with Crippen molar-refractivity contribution in [3.05, 3.63) is 66.7 Å². The van der Waals surface area contributed by atoms with Crippen LogP contribution in [0.4, 0.5) is 4.39 Å². The molecule has 3 rings (SSSR count). The van der Waals surface area contributed by atoms with E-state index >= 15 is 0 Å². The van der Waals surface area contributed by atoms with Gasteiger partial charge < -0.3 is 0 Å². The Morgan fingerprint density at radius 3 is 2.36 bits per heavy atom. The number of nitrogens with zero attached hydrogens (tertiary/aromatic N) is 2. The second kappa shape index (κ2) is 5.36. The normalized spacial score (nSPS) is 11.5. The van der Waals surface area contributed by atoms with Crippen LogP contribution in [0.5, 0.6) is 0 Å². The second-order valence-corrected chi connectivity index (χ2v) is 6.25. The van der Waals surface area contributed by atoms with E-state index in [4.69, 9.17) is 5.14 Å². The number of nitrogens with two attached hydrogens (primary N) is 1. The zero-order chi connectivity index (χ0) is 15.7. The van der Waals surface area contributed by atoms with Crippen molar-refractivity contribution in [3.63, 3.8) is 0 Å². The molecule has 7 heteroatoms. The zero-order valence-corrected chi connectivity index (χ0v) is 12.2. The van der Waals surface area contributed by atoms with Gasteiger partial charge in [0.15, 0.2) is 0 Å². The number of hydrogen-bond acceptors (Lipinski definition) is 3. The van der Waals surface area contributed by atoms with Crippen LogP contribution < -0.4 is 5.14 Å². The van der Waals surface area contributed by atoms with Gasteiger partial charge in [-0.15, -0.1) is 0 Å². The van der Waals surface area contributed by atoms with Gasteiger partial charge in [-0.05, 0) is 35.9 Å². The number of benzene rings is 2. The fourth-order valence-electron chi connectivity index (χ4n) is 2.12. The van der Waals surface area contributed by atoms with Crippen molar-refractivity contribution in [2.75, 3.05) is 0 Å². The van der Waals surface area contributed by atoms with Crippen LogP contribution in [0.15, 0.2) is 65.8 Å². The zero-order valence-electron chi connectivity index (χ0n) is 11.3. The summed E-state index contributed by atoms with van der Waals surface area (Å²) < 4.78 is 38.2. The van der Waals surface area contributed by atoms with E-state index in [9.17, 15) is 12.8 Å². The van der Waals surface area contributed by atoms with Crippen molar-refractivity contribution in [2.45, 2.75) is 4.90 Å². The third-order valence-corrected chi connectivity index (χ3v) is 4.13. The van der Waals surface area contributed by atoms with Gasteiger partial charge in [-0.2, -0.15) is 5.10 Å². The van der Waals surface area contributed by atoms with Crippen LogP contribution in [0.3, 0.4) is 0 Å². The van der Waals surface area contributed by atoms with Gasteiger partial charge in [-0.1, -0.05) is 18.2 Å². The molecule has 0 spiro atoms. The highest BCUT2D eigenvalue weighted by Gasteiger charge is 2.12. The molecule has 0 aliphatic heterocycles. The van der Waals surface area contributed by atoms with Gasteiger partial charge in [-0.3, -0.25) is 0 Å². The van der Waals surface area contributed by atoms with E-state index in [0.717, 1.165) is 11.8 Å². The lowest BCUT2D eigenvalue weighted by Crippen LogP contribution is -2.12. The van der Waals surface area contributed by atoms with Crippen LogP contribution in [0, 0.1) is 5.82 Å². The van der Waals surface area contributed by atoms with Crippen molar-refractivity contribution in [1.29, 1.82) is 0 Å². The van der Waals surface area contributed by atoms with Gasteiger partial charge in [0.25, 0.3) is 0 Å². The molecule has 1 heterocycles. The first kappa shape index (κ1) is 14.4. The molecule has 1 aromatic heterocycles. The highest BCUT2D eigenvalue weighted by atomic mass is 32.2. The van der Waals surface area contributed by atoms with Crippen molar-refractivity contribution < 1.29 is 12.8 Å². The number of primary sulfonamides is 1. The molecule has 22 heavy (non-hydrogen) atoms. The van der Waals surface area contributed by atoms with E-state index in [1.54, 1.807) is 47.4 Å². The smallest absolute Gasteiger partial charge is 0.238 e. The van der Waals surface area contributed by atoms with Crippen LogP contribution >= 0.6 is 0 Å². The quantitative estimate of drug-likeness (QED) is 0.805. The lowest BCUT2D eigenvalue weighted by atomic mass is 10.0. The maximum atomic E-state index is 14.1. The molecule has 0 saturated heterocycles. The first-order valence-electron chi connectivity index (χ1n) is 6.38. The fourth-order valence-corrected chi connectivity index (χ4v) is 2.65. The molecule has 0 unspecified atom stereocenters. The Hall–Kier alpha value is -2.51. The van der Waals surface area contributed by atoms with Crippen LogP contribution in [0.2, 0.25) is 0 Å². The Morgan fingerprint density at radius 2 is 1.82 bits per heavy atom. The summed E-state index contributed by atoms with van der Waals surface area (Å²) in [5, 5.41) is 9.09. The van der Waals surface area contributed by atoms with Crippen molar-refractivity contribution in [1.82, 2.24) is 9.78 Å². The van der Waals surface area contributed by atoms with Gasteiger partial charge in [0.05, 0.1) is 10.6 Å². The average Bonchev–Trinajstić information content (AvgIpc) is 3.01. The van der Waals surface area contributed by atoms with E-state index in [0.29, 0.717) is 11.1 Å². The predicted octanol–water partition coefficient (Wildman–Crippen LogP) is 2.33. The first-order chi connectivity index (χ1) is 10.4. The molecule has 2 N–H and O–H groups in total. The largest absolute Gasteiger partial charge is 0.241 e. The lowest BCUT2D eigenvalue weighted by Gasteiger charge is -2.07. The third kappa shape index (κ3) is 2.76. The van der Waals surface area contributed by atoms with E-state index in [2.05, 4.69) is 5.10 Å². The molecule has 0 saturated carbocycles. The molecule has 3 aromatic rings. The topological polar surface area (TPSA) is 78.0 Å². The molecule has 0 radical (unpaired) electrons. The standard InChI is InChI=1S/C15H12FN3O2S/c16-15-10-13(22(17,20)21)6-7-14(15)11-2-4-12(5-3-11)19-9-1-8-18-19/h1-10H,(H2,17,20,21). The predicted molar refractivity (Wildman–Crippen MR) is 80.3 cm³/mol. The fraction of sp³-hybridized carbons (Fsp3) is 0. The summed E-state index contributed by atoms with van der Waals surface area (Å²) >= 11 is 0. The molecule has 0 atom stereocenters. The Labute approximate surface area is 126 Å². The van der Waals surface area contributed by atoms with Crippen LogP contribution in [0.1, 0.15) is 0 Å². The molecule has 112 valence electrons. The van der Waals surface area contributed by atoms with E-state index in [1.807, 2.05) is 0 Å². The SMILES string of the molecule is NS(=O)(=O)c1ccc(-c2ccc(-n3cccn3)cc2)c(F)c1. The summed E-state index contributed by atoms with van der Waals surface area (Å²) in [6, 6.07) is 12.5. The second-order valence-electron chi connectivity index (χ2n) is 4.68. The van der Waals surface area contributed by atoms with Crippen LogP contribution in [-0.4, -0.2) is 18.2 Å². The number of rotatable bonds is 3. The van der Waals surface area contributed by atoms with Crippen molar-refractivity contribution >= 4 is 10.0 Å². The number of halogens is 1. The summed E-state index contributed by atoms with van der Waals surface area (Å²) in [4.78, 5) is -0.248. The monoisotopic (exact) mass is 317 g/mol.